The van der Waals surface area contributed by atoms with Crippen LogP contribution >= 0.6 is 0 Å². The summed E-state index contributed by atoms with van der Waals surface area (Å²) in [6.07, 6.45) is 10.1. The maximum absolute atomic E-state index is 12.7. The van der Waals surface area contributed by atoms with Crippen LogP contribution in [-0.2, 0) is 11.4 Å². The van der Waals surface area contributed by atoms with Crippen LogP contribution in [0.2, 0.25) is 0 Å². The second-order valence-electron chi connectivity index (χ2n) is 10.4. The third-order valence-corrected chi connectivity index (χ3v) is 7.79. The third-order valence-electron chi connectivity index (χ3n) is 7.79. The zero-order valence-corrected chi connectivity index (χ0v) is 19.6. The van der Waals surface area contributed by atoms with Crippen molar-refractivity contribution < 1.29 is 14.3 Å². The van der Waals surface area contributed by atoms with Gasteiger partial charge >= 0.3 is 0 Å². The van der Waals surface area contributed by atoms with Gasteiger partial charge < -0.3 is 9.47 Å². The van der Waals surface area contributed by atoms with E-state index in [2.05, 4.69) is 16.6 Å². The van der Waals surface area contributed by atoms with Crippen molar-refractivity contribution in [2.75, 3.05) is 7.11 Å². The lowest BCUT2D eigenvalue weighted by molar-refractivity contribution is -0.129. The molecule has 1 amide bonds. The maximum atomic E-state index is 12.7. The maximum Gasteiger partial charge on any atom is 0.240 e. The molecule has 6 heteroatoms. The number of benzene rings is 2. The van der Waals surface area contributed by atoms with Gasteiger partial charge in [0.15, 0.2) is 0 Å². The Kier molecular flexibility index (Phi) is 6.28. The molecular formula is C28H31N3O3. The quantitative estimate of drug-likeness (QED) is 0.436. The van der Waals surface area contributed by atoms with Crippen LogP contribution < -0.4 is 14.9 Å². The van der Waals surface area contributed by atoms with Gasteiger partial charge in [-0.3, -0.25) is 4.79 Å². The van der Waals surface area contributed by atoms with Crippen LogP contribution in [0.1, 0.15) is 61.6 Å². The predicted molar refractivity (Wildman–Crippen MR) is 129 cm³/mol. The van der Waals surface area contributed by atoms with E-state index in [-0.39, 0.29) is 11.3 Å². The number of hydrogen-bond acceptors (Lipinski definition) is 5. The molecule has 0 radical (unpaired) electrons. The fraction of sp³-hybridized carbons (Fsp3) is 0.464. The van der Waals surface area contributed by atoms with E-state index < -0.39 is 0 Å². The van der Waals surface area contributed by atoms with Gasteiger partial charge in [0.25, 0.3) is 0 Å². The Morgan fingerprint density at radius 2 is 1.79 bits per heavy atom. The second kappa shape index (κ2) is 9.50. The molecule has 4 fully saturated rings. The van der Waals surface area contributed by atoms with Crippen molar-refractivity contribution in [1.29, 1.82) is 5.26 Å². The summed E-state index contributed by atoms with van der Waals surface area (Å²) < 4.78 is 11.3. The van der Waals surface area contributed by atoms with Crippen LogP contribution in [-0.4, -0.2) is 19.2 Å². The number of hydrazone groups is 1. The minimum absolute atomic E-state index is 0.0242. The summed E-state index contributed by atoms with van der Waals surface area (Å²) in [6, 6.07) is 14.8. The Bertz CT molecular complexity index is 1080. The van der Waals surface area contributed by atoms with E-state index in [4.69, 9.17) is 14.7 Å². The van der Waals surface area contributed by atoms with Crippen LogP contribution in [0, 0.1) is 34.5 Å². The molecule has 0 aliphatic heterocycles. The molecule has 1 N–H and O–H groups in total. The van der Waals surface area contributed by atoms with Crippen molar-refractivity contribution in [3.8, 4) is 17.6 Å². The zero-order valence-electron chi connectivity index (χ0n) is 19.6. The standard InChI is InChI=1S/C28H31N3O3/c1-33-26-7-4-20(11-24(26)18-34-25-5-2-19(16-29)3-6-25)17-30-31-27(32)15-28-12-21-8-22(13-28)10-23(9-21)14-28/h2-7,11,17,21-23H,8-10,12-15,18H2,1H3,(H,31,32). The molecule has 6 rings (SSSR count). The Morgan fingerprint density at radius 3 is 2.41 bits per heavy atom. The number of carbonyl (C=O) groups excluding carboxylic acids is 1. The van der Waals surface area contributed by atoms with Gasteiger partial charge in [-0.15, -0.1) is 0 Å². The lowest BCUT2D eigenvalue weighted by Crippen LogP contribution is -2.47. The average Bonchev–Trinajstić information content (AvgIpc) is 2.82. The number of hydrogen-bond donors (Lipinski definition) is 1. The minimum Gasteiger partial charge on any atom is -0.496 e. The molecule has 4 aliphatic rings. The summed E-state index contributed by atoms with van der Waals surface area (Å²) in [5.74, 6) is 3.94. The van der Waals surface area contributed by atoms with Crippen molar-refractivity contribution in [1.82, 2.24) is 5.43 Å². The normalized spacial score (nSPS) is 26.9. The van der Waals surface area contributed by atoms with Crippen LogP contribution in [0.15, 0.2) is 47.6 Å². The molecule has 176 valence electrons. The van der Waals surface area contributed by atoms with Crippen molar-refractivity contribution in [3.63, 3.8) is 0 Å². The number of rotatable bonds is 8. The van der Waals surface area contributed by atoms with Gasteiger partial charge in [0.1, 0.15) is 18.1 Å². The number of nitrogens with zero attached hydrogens (tertiary/aromatic N) is 2. The molecule has 34 heavy (non-hydrogen) atoms. The molecule has 0 aromatic heterocycles. The first-order valence-corrected chi connectivity index (χ1v) is 12.2. The highest BCUT2D eigenvalue weighted by molar-refractivity contribution is 5.83. The summed E-state index contributed by atoms with van der Waals surface area (Å²) in [7, 11) is 1.62. The van der Waals surface area contributed by atoms with E-state index in [0.29, 0.717) is 24.3 Å². The summed E-state index contributed by atoms with van der Waals surface area (Å²) in [5, 5.41) is 13.2. The minimum atomic E-state index is 0.0242. The average molecular weight is 458 g/mol. The van der Waals surface area contributed by atoms with Crippen molar-refractivity contribution >= 4 is 12.1 Å². The number of nitrogens with one attached hydrogen (secondary N) is 1. The van der Waals surface area contributed by atoms with E-state index in [1.807, 2.05) is 18.2 Å². The van der Waals surface area contributed by atoms with Gasteiger partial charge in [0, 0.05) is 12.0 Å². The van der Waals surface area contributed by atoms with Gasteiger partial charge in [0.2, 0.25) is 5.91 Å². The second-order valence-corrected chi connectivity index (χ2v) is 10.4. The Hall–Kier alpha value is -3.33. The number of carbonyl (C=O) groups is 1. The SMILES string of the molecule is COc1ccc(C=NNC(=O)CC23CC4CC(CC(C4)C2)C3)cc1COc1ccc(C#N)cc1. The van der Waals surface area contributed by atoms with Crippen LogP contribution in [0.4, 0.5) is 0 Å². The molecule has 4 bridgehead atoms. The largest absolute Gasteiger partial charge is 0.496 e. The molecular weight excluding hydrogens is 426 g/mol. The summed E-state index contributed by atoms with van der Waals surface area (Å²) in [4.78, 5) is 12.7. The Labute approximate surface area is 201 Å². The van der Waals surface area contributed by atoms with Crippen molar-refractivity contribution in [2.45, 2.75) is 51.6 Å². The molecule has 0 spiro atoms. The highest BCUT2D eigenvalue weighted by Crippen LogP contribution is 2.61. The monoisotopic (exact) mass is 457 g/mol. The fourth-order valence-corrected chi connectivity index (χ4v) is 6.84. The molecule has 0 unspecified atom stereocenters. The van der Waals surface area contributed by atoms with Gasteiger partial charge in [-0.25, -0.2) is 5.43 Å². The Morgan fingerprint density at radius 1 is 1.12 bits per heavy atom. The van der Waals surface area contributed by atoms with E-state index >= 15 is 0 Å². The molecule has 2 aromatic rings. The van der Waals surface area contributed by atoms with Gasteiger partial charge in [0.05, 0.1) is 25.0 Å². The lowest BCUT2D eigenvalue weighted by atomic mass is 9.49. The highest BCUT2D eigenvalue weighted by Gasteiger charge is 2.51. The molecule has 2 aromatic carbocycles. The highest BCUT2D eigenvalue weighted by atomic mass is 16.5. The topological polar surface area (TPSA) is 83.7 Å². The molecule has 0 heterocycles. The molecule has 4 saturated carbocycles. The van der Waals surface area contributed by atoms with Crippen molar-refractivity contribution in [3.05, 3.63) is 59.2 Å². The number of methoxy groups -OCH3 is 1. The van der Waals surface area contributed by atoms with Gasteiger partial charge in [-0.2, -0.15) is 10.4 Å². The summed E-state index contributed by atoms with van der Waals surface area (Å²) in [5.41, 5.74) is 5.30. The molecule has 0 saturated heterocycles. The number of ether oxygens (including phenoxy) is 2. The van der Waals surface area contributed by atoms with Crippen LogP contribution in [0.3, 0.4) is 0 Å². The van der Waals surface area contributed by atoms with Crippen LogP contribution in [0.5, 0.6) is 11.5 Å². The number of amides is 1. The van der Waals surface area contributed by atoms with E-state index in [1.54, 1.807) is 37.6 Å². The third kappa shape index (κ3) is 4.94. The summed E-state index contributed by atoms with van der Waals surface area (Å²) in [6.45, 7) is 0.315. The Balaban J connectivity index is 1.18. The molecule has 4 aliphatic carbocycles. The predicted octanol–water partition coefficient (Wildman–Crippen LogP) is 5.20. The van der Waals surface area contributed by atoms with E-state index in [0.717, 1.165) is 34.6 Å². The number of nitriles is 1. The van der Waals surface area contributed by atoms with E-state index in [9.17, 15) is 4.79 Å². The first kappa shape index (κ1) is 22.5. The van der Waals surface area contributed by atoms with Gasteiger partial charge in [-0.05, 0) is 110 Å². The first-order valence-electron chi connectivity index (χ1n) is 12.2. The molecule has 0 atom stereocenters. The smallest absolute Gasteiger partial charge is 0.240 e. The van der Waals surface area contributed by atoms with Crippen molar-refractivity contribution in [2.24, 2.45) is 28.3 Å². The van der Waals surface area contributed by atoms with E-state index in [1.165, 1.54) is 38.5 Å². The summed E-state index contributed by atoms with van der Waals surface area (Å²) >= 11 is 0. The molecule has 6 nitrogen and oxygen atoms in total. The van der Waals surface area contributed by atoms with Crippen LogP contribution in [0.25, 0.3) is 0 Å². The van der Waals surface area contributed by atoms with Gasteiger partial charge in [-0.1, -0.05) is 0 Å². The fourth-order valence-electron chi connectivity index (χ4n) is 6.84. The lowest BCUT2D eigenvalue weighted by Gasteiger charge is -2.56. The zero-order chi connectivity index (χ0) is 23.5. The first-order chi connectivity index (χ1) is 16.5.